The molecule has 0 saturated heterocycles. The van der Waals surface area contributed by atoms with Crippen molar-refractivity contribution >= 4 is 38.8 Å². The van der Waals surface area contributed by atoms with Gasteiger partial charge in [0.1, 0.15) is 11.2 Å². The molecule has 0 saturated carbocycles. The minimum atomic E-state index is 0.495. The van der Waals surface area contributed by atoms with Gasteiger partial charge >= 0.3 is 0 Å². The van der Waals surface area contributed by atoms with Gasteiger partial charge in [0.05, 0.1) is 0 Å². The number of allylic oxidation sites excluding steroid dienone is 1. The van der Waals surface area contributed by atoms with Crippen molar-refractivity contribution in [2.45, 2.75) is 13.3 Å². The number of furan rings is 1. The Labute approximate surface area is 301 Å². The van der Waals surface area contributed by atoms with Gasteiger partial charge in [-0.25, -0.2) is 15.0 Å². The first-order valence-corrected chi connectivity index (χ1v) is 17.8. The van der Waals surface area contributed by atoms with Crippen LogP contribution in [0.5, 0.6) is 0 Å². The van der Waals surface area contributed by atoms with Gasteiger partial charge < -0.3 is 4.42 Å². The Morgan fingerprint density at radius 3 is 2.04 bits per heavy atom. The summed E-state index contributed by atoms with van der Waals surface area (Å²) in [5, 5.41) is 4.49. The molecular formula is C48H33N3O. The Hall–Kier alpha value is -6.65. The van der Waals surface area contributed by atoms with Crippen LogP contribution < -0.4 is 0 Å². The van der Waals surface area contributed by atoms with Gasteiger partial charge in [0, 0.05) is 27.5 Å². The number of benzene rings is 7. The van der Waals surface area contributed by atoms with E-state index >= 15 is 0 Å². The Balaban J connectivity index is 1.19. The van der Waals surface area contributed by atoms with E-state index in [4.69, 9.17) is 19.4 Å². The lowest BCUT2D eigenvalue weighted by Gasteiger charge is -2.18. The molecule has 4 nitrogen and oxygen atoms in total. The van der Waals surface area contributed by atoms with Crippen molar-refractivity contribution in [2.75, 3.05) is 0 Å². The monoisotopic (exact) mass is 667 g/mol. The Bertz CT molecular complexity index is 2830. The Morgan fingerprint density at radius 2 is 1.19 bits per heavy atom. The van der Waals surface area contributed by atoms with E-state index in [9.17, 15) is 0 Å². The highest BCUT2D eigenvalue weighted by molar-refractivity contribution is 6.15. The standard InChI is InChI=1S/C48H33N3O/c1-30-15-16-33-20-24-38(29-39(33)27-30)40-25-26-43-44(41-13-7-8-14-42(41)52-43)45(40)48-50-46(34-10-3-2-4-11-34)49-47(51-48)35-21-17-32(18-22-35)37-23-19-31-9-5-6-12-36(31)28-37/h2-26,28-30H,27H2,1H3. The van der Waals surface area contributed by atoms with Crippen LogP contribution in [0.2, 0.25) is 0 Å². The second-order valence-electron chi connectivity index (χ2n) is 13.7. The van der Waals surface area contributed by atoms with Crippen molar-refractivity contribution in [1.82, 2.24) is 15.0 Å². The maximum atomic E-state index is 6.44. The van der Waals surface area contributed by atoms with Gasteiger partial charge in [-0.1, -0.05) is 146 Å². The van der Waals surface area contributed by atoms with E-state index in [1.54, 1.807) is 0 Å². The summed E-state index contributed by atoms with van der Waals surface area (Å²) in [7, 11) is 0. The summed E-state index contributed by atoms with van der Waals surface area (Å²) < 4.78 is 6.44. The summed E-state index contributed by atoms with van der Waals surface area (Å²) in [4.78, 5) is 15.6. The minimum Gasteiger partial charge on any atom is -0.456 e. The van der Waals surface area contributed by atoms with E-state index in [-0.39, 0.29) is 0 Å². The van der Waals surface area contributed by atoms with Crippen LogP contribution in [0.3, 0.4) is 0 Å². The van der Waals surface area contributed by atoms with Crippen molar-refractivity contribution in [3.63, 3.8) is 0 Å². The topological polar surface area (TPSA) is 51.8 Å². The van der Waals surface area contributed by atoms with Gasteiger partial charge in [-0.05, 0) is 80.8 Å². The number of aromatic nitrogens is 3. The zero-order valence-electron chi connectivity index (χ0n) is 28.6. The molecule has 0 fully saturated rings. The highest BCUT2D eigenvalue weighted by Crippen LogP contribution is 2.43. The molecule has 0 radical (unpaired) electrons. The first-order valence-electron chi connectivity index (χ1n) is 17.8. The molecule has 52 heavy (non-hydrogen) atoms. The van der Waals surface area contributed by atoms with Crippen molar-refractivity contribution in [2.24, 2.45) is 5.92 Å². The number of hydrogen-bond donors (Lipinski definition) is 0. The van der Waals surface area contributed by atoms with Crippen LogP contribution in [0.15, 0.2) is 162 Å². The summed E-state index contributed by atoms with van der Waals surface area (Å²) in [5.41, 5.74) is 11.6. The largest absolute Gasteiger partial charge is 0.456 e. The lowest BCUT2D eigenvalue weighted by Crippen LogP contribution is -2.04. The highest BCUT2D eigenvalue weighted by Gasteiger charge is 2.23. The maximum absolute atomic E-state index is 6.44. The molecule has 1 atom stereocenters. The fraction of sp³-hybridized carbons (Fsp3) is 0.0625. The van der Waals surface area contributed by atoms with Gasteiger partial charge in [0.2, 0.25) is 0 Å². The third-order valence-electron chi connectivity index (χ3n) is 10.3. The molecule has 246 valence electrons. The third-order valence-corrected chi connectivity index (χ3v) is 10.3. The molecule has 9 aromatic rings. The van der Waals surface area contributed by atoms with Gasteiger partial charge in [0.25, 0.3) is 0 Å². The van der Waals surface area contributed by atoms with Gasteiger partial charge in [0.15, 0.2) is 17.5 Å². The normalized spacial score (nSPS) is 13.9. The number of para-hydroxylation sites is 1. The van der Waals surface area contributed by atoms with E-state index in [0.717, 1.165) is 61.7 Å². The molecule has 0 bridgehead atoms. The first-order chi connectivity index (χ1) is 25.6. The number of hydrogen-bond acceptors (Lipinski definition) is 4. The van der Waals surface area contributed by atoms with Crippen molar-refractivity contribution in [1.29, 1.82) is 0 Å². The van der Waals surface area contributed by atoms with E-state index < -0.39 is 0 Å². The number of rotatable bonds is 5. The summed E-state index contributed by atoms with van der Waals surface area (Å²) >= 11 is 0. The molecule has 0 amide bonds. The van der Waals surface area contributed by atoms with E-state index in [2.05, 4.69) is 140 Å². The average Bonchev–Trinajstić information content (AvgIpc) is 3.59. The maximum Gasteiger partial charge on any atom is 0.165 e. The molecule has 10 rings (SSSR count). The molecule has 2 aromatic heterocycles. The van der Waals surface area contributed by atoms with Crippen LogP contribution in [0, 0.1) is 5.92 Å². The quantitative estimate of drug-likeness (QED) is 0.183. The highest BCUT2D eigenvalue weighted by atomic mass is 16.3. The van der Waals surface area contributed by atoms with Gasteiger partial charge in [-0.3, -0.25) is 0 Å². The van der Waals surface area contributed by atoms with Crippen molar-refractivity contribution in [3.8, 4) is 56.4 Å². The fourth-order valence-corrected chi connectivity index (χ4v) is 7.60. The molecular weight excluding hydrogens is 635 g/mol. The molecule has 7 aromatic carbocycles. The van der Waals surface area contributed by atoms with Crippen LogP contribution >= 0.6 is 0 Å². The van der Waals surface area contributed by atoms with Crippen molar-refractivity contribution in [3.05, 3.63) is 169 Å². The molecule has 0 aliphatic heterocycles. The third kappa shape index (κ3) is 5.28. The molecule has 4 heteroatoms. The zero-order valence-corrected chi connectivity index (χ0v) is 28.6. The second kappa shape index (κ2) is 12.3. The second-order valence-corrected chi connectivity index (χ2v) is 13.7. The predicted octanol–water partition coefficient (Wildman–Crippen LogP) is 12.5. The van der Waals surface area contributed by atoms with Crippen LogP contribution in [-0.2, 0) is 6.42 Å². The predicted molar refractivity (Wildman–Crippen MR) is 214 cm³/mol. The summed E-state index contributed by atoms with van der Waals surface area (Å²) in [5.74, 6) is 2.35. The van der Waals surface area contributed by atoms with Crippen molar-refractivity contribution < 1.29 is 4.42 Å². The zero-order chi connectivity index (χ0) is 34.6. The summed E-state index contributed by atoms with van der Waals surface area (Å²) in [6, 6.07) is 53.0. The average molecular weight is 668 g/mol. The molecule has 0 N–H and O–H groups in total. The van der Waals surface area contributed by atoms with Crippen LogP contribution in [0.4, 0.5) is 0 Å². The van der Waals surface area contributed by atoms with E-state index in [1.807, 2.05) is 30.3 Å². The SMILES string of the molecule is CC1C=Cc2ccc(-c3ccc4oc5ccccc5c4c3-c3nc(-c4ccccc4)nc(-c4ccc(-c5ccc6ccccc6c5)cc4)n3)cc2C1. The fourth-order valence-electron chi connectivity index (χ4n) is 7.60. The lowest BCUT2D eigenvalue weighted by atomic mass is 9.87. The summed E-state index contributed by atoms with van der Waals surface area (Å²) in [6.45, 7) is 2.27. The molecule has 1 aliphatic carbocycles. The Morgan fingerprint density at radius 1 is 0.519 bits per heavy atom. The molecule has 2 heterocycles. The molecule has 0 spiro atoms. The first kappa shape index (κ1) is 30.2. The molecule has 1 unspecified atom stereocenters. The number of nitrogens with zero attached hydrogens (tertiary/aromatic N) is 3. The smallest absolute Gasteiger partial charge is 0.165 e. The van der Waals surface area contributed by atoms with Crippen LogP contribution in [0.1, 0.15) is 18.1 Å². The van der Waals surface area contributed by atoms with Crippen LogP contribution in [-0.4, -0.2) is 15.0 Å². The minimum absolute atomic E-state index is 0.495. The number of fused-ring (bicyclic) bond motifs is 5. The van der Waals surface area contributed by atoms with Gasteiger partial charge in [-0.15, -0.1) is 0 Å². The van der Waals surface area contributed by atoms with E-state index in [1.165, 1.54) is 27.5 Å². The van der Waals surface area contributed by atoms with Gasteiger partial charge in [-0.2, -0.15) is 0 Å². The summed E-state index contributed by atoms with van der Waals surface area (Å²) in [6.07, 6.45) is 5.55. The lowest BCUT2D eigenvalue weighted by molar-refractivity contribution is 0.669. The molecule has 1 aliphatic rings. The van der Waals surface area contributed by atoms with Crippen LogP contribution in [0.25, 0.3) is 95.2 Å². The van der Waals surface area contributed by atoms with E-state index in [0.29, 0.717) is 23.4 Å². The Kier molecular flexibility index (Phi) is 7.14.